The van der Waals surface area contributed by atoms with Gasteiger partial charge >= 0.3 is 6.61 Å². The number of aliphatic hydroxyl groups excluding tert-OH is 1. The first kappa shape index (κ1) is 14.3. The number of benzene rings is 2. The van der Waals surface area contributed by atoms with Crippen LogP contribution in [-0.4, -0.2) is 11.7 Å². The first-order valence-corrected chi connectivity index (χ1v) is 5.65. The third-order valence-electron chi connectivity index (χ3n) is 2.66. The summed E-state index contributed by atoms with van der Waals surface area (Å²) in [6.07, 6.45) is -1.27. The van der Waals surface area contributed by atoms with Crippen molar-refractivity contribution in [3.63, 3.8) is 0 Å². The van der Waals surface area contributed by atoms with E-state index in [2.05, 4.69) is 4.74 Å². The Bertz CT molecular complexity index is 601. The van der Waals surface area contributed by atoms with E-state index >= 15 is 0 Å². The molecule has 1 unspecified atom stereocenters. The SMILES string of the molecule is OC(c1cccc(OC(F)F)c1)c1ccc(F)c(F)c1. The van der Waals surface area contributed by atoms with Crippen LogP contribution in [0.4, 0.5) is 17.6 Å². The third-order valence-corrected chi connectivity index (χ3v) is 2.66. The topological polar surface area (TPSA) is 29.5 Å². The molecule has 0 aliphatic rings. The minimum atomic E-state index is -2.98. The largest absolute Gasteiger partial charge is 0.435 e. The number of ether oxygens (including phenoxy) is 1. The Balaban J connectivity index is 2.28. The molecule has 6 heteroatoms. The fourth-order valence-electron chi connectivity index (χ4n) is 1.74. The summed E-state index contributed by atoms with van der Waals surface area (Å²) < 4.78 is 54.3. The van der Waals surface area contributed by atoms with Crippen molar-refractivity contribution in [2.24, 2.45) is 0 Å². The van der Waals surface area contributed by atoms with E-state index < -0.39 is 24.3 Å². The predicted molar refractivity (Wildman–Crippen MR) is 63.5 cm³/mol. The predicted octanol–water partition coefficient (Wildman–Crippen LogP) is 3.65. The second-order valence-corrected chi connectivity index (χ2v) is 4.03. The van der Waals surface area contributed by atoms with Gasteiger partial charge in [-0.15, -0.1) is 0 Å². The molecular formula is C14H10F4O2. The van der Waals surface area contributed by atoms with Gasteiger partial charge in [-0.05, 0) is 35.4 Å². The van der Waals surface area contributed by atoms with Crippen LogP contribution in [0.5, 0.6) is 5.75 Å². The molecule has 0 aromatic heterocycles. The Morgan fingerprint density at radius 3 is 2.25 bits per heavy atom. The molecule has 0 radical (unpaired) electrons. The van der Waals surface area contributed by atoms with Gasteiger partial charge in [-0.2, -0.15) is 8.78 Å². The molecule has 2 nitrogen and oxygen atoms in total. The molecule has 0 heterocycles. The van der Waals surface area contributed by atoms with Gasteiger partial charge in [0.15, 0.2) is 11.6 Å². The molecule has 1 atom stereocenters. The van der Waals surface area contributed by atoms with Crippen molar-refractivity contribution in [3.05, 3.63) is 65.2 Å². The van der Waals surface area contributed by atoms with Crippen molar-refractivity contribution in [3.8, 4) is 5.75 Å². The lowest BCUT2D eigenvalue weighted by atomic mass is 10.0. The molecule has 20 heavy (non-hydrogen) atoms. The van der Waals surface area contributed by atoms with Gasteiger partial charge in [-0.25, -0.2) is 8.78 Å². The van der Waals surface area contributed by atoms with E-state index in [1.54, 1.807) is 0 Å². The summed E-state index contributed by atoms with van der Waals surface area (Å²) >= 11 is 0. The number of rotatable bonds is 4. The van der Waals surface area contributed by atoms with Crippen LogP contribution in [0.25, 0.3) is 0 Å². The lowest BCUT2D eigenvalue weighted by molar-refractivity contribution is -0.0499. The zero-order valence-corrected chi connectivity index (χ0v) is 10.1. The molecular weight excluding hydrogens is 276 g/mol. The van der Waals surface area contributed by atoms with E-state index in [1.165, 1.54) is 30.3 Å². The standard InChI is InChI=1S/C14H10F4O2/c15-11-5-4-9(7-12(11)16)13(19)8-2-1-3-10(6-8)20-14(17)18/h1-7,13-14,19H. The van der Waals surface area contributed by atoms with Gasteiger partial charge in [0, 0.05) is 0 Å². The first-order chi connectivity index (χ1) is 9.47. The second kappa shape index (κ2) is 5.92. The molecule has 0 bridgehead atoms. The van der Waals surface area contributed by atoms with E-state index in [-0.39, 0.29) is 16.9 Å². The third kappa shape index (κ3) is 3.27. The lowest BCUT2D eigenvalue weighted by Gasteiger charge is -2.13. The average molecular weight is 286 g/mol. The van der Waals surface area contributed by atoms with Crippen LogP contribution in [0.15, 0.2) is 42.5 Å². The maximum atomic E-state index is 13.1. The fourth-order valence-corrected chi connectivity index (χ4v) is 1.74. The fraction of sp³-hybridized carbons (Fsp3) is 0.143. The molecule has 0 saturated carbocycles. The Morgan fingerprint density at radius 2 is 1.60 bits per heavy atom. The number of alkyl halides is 2. The molecule has 0 spiro atoms. The summed E-state index contributed by atoms with van der Waals surface area (Å²) in [5, 5.41) is 10.0. The van der Waals surface area contributed by atoms with Crippen LogP contribution in [0.1, 0.15) is 17.2 Å². The van der Waals surface area contributed by atoms with Crippen LogP contribution in [0.2, 0.25) is 0 Å². The molecule has 2 aromatic carbocycles. The van der Waals surface area contributed by atoms with E-state index in [0.717, 1.165) is 12.1 Å². The zero-order valence-electron chi connectivity index (χ0n) is 10.1. The monoisotopic (exact) mass is 286 g/mol. The van der Waals surface area contributed by atoms with Crippen molar-refractivity contribution in [1.82, 2.24) is 0 Å². The summed E-state index contributed by atoms with van der Waals surface area (Å²) in [5.74, 6) is -2.25. The van der Waals surface area contributed by atoms with Crippen LogP contribution >= 0.6 is 0 Å². The van der Waals surface area contributed by atoms with E-state index in [4.69, 9.17) is 0 Å². The summed E-state index contributed by atoms with van der Waals surface area (Å²) in [6, 6.07) is 8.32. The van der Waals surface area contributed by atoms with E-state index in [0.29, 0.717) is 0 Å². The number of hydrogen-bond donors (Lipinski definition) is 1. The Labute approximate surface area is 112 Å². The van der Waals surface area contributed by atoms with Crippen molar-refractivity contribution < 1.29 is 27.4 Å². The normalized spacial score (nSPS) is 12.5. The quantitative estimate of drug-likeness (QED) is 0.869. The Hall–Kier alpha value is -2.08. The Kier molecular flexibility index (Phi) is 4.24. The minimum absolute atomic E-state index is 0.109. The van der Waals surface area contributed by atoms with E-state index in [9.17, 15) is 22.7 Å². The van der Waals surface area contributed by atoms with Crippen molar-refractivity contribution in [2.45, 2.75) is 12.7 Å². The van der Waals surface area contributed by atoms with Gasteiger partial charge in [0.2, 0.25) is 0 Å². The maximum absolute atomic E-state index is 13.1. The number of halogens is 4. The summed E-state index contributed by atoms with van der Waals surface area (Å²) in [7, 11) is 0. The summed E-state index contributed by atoms with van der Waals surface area (Å²) in [5.41, 5.74) is 0.340. The van der Waals surface area contributed by atoms with Crippen molar-refractivity contribution >= 4 is 0 Å². The van der Waals surface area contributed by atoms with Crippen LogP contribution in [0.3, 0.4) is 0 Å². The highest BCUT2D eigenvalue weighted by atomic mass is 19.3. The maximum Gasteiger partial charge on any atom is 0.387 e. The summed E-state index contributed by atoms with van der Waals surface area (Å²) in [4.78, 5) is 0. The molecule has 2 rings (SSSR count). The number of hydrogen-bond acceptors (Lipinski definition) is 2. The van der Waals surface area contributed by atoms with Crippen molar-refractivity contribution in [2.75, 3.05) is 0 Å². The highest BCUT2D eigenvalue weighted by molar-refractivity contribution is 5.35. The Morgan fingerprint density at radius 1 is 0.900 bits per heavy atom. The molecule has 106 valence electrons. The van der Waals surface area contributed by atoms with E-state index in [1.807, 2.05) is 0 Å². The smallest absolute Gasteiger partial charge is 0.387 e. The number of aliphatic hydroxyl groups is 1. The molecule has 0 fully saturated rings. The van der Waals surface area contributed by atoms with Crippen LogP contribution in [0, 0.1) is 11.6 Å². The summed E-state index contributed by atoms with van der Waals surface area (Å²) in [6.45, 7) is -2.98. The second-order valence-electron chi connectivity index (χ2n) is 4.03. The van der Waals surface area contributed by atoms with Crippen LogP contribution < -0.4 is 4.74 Å². The molecule has 2 aromatic rings. The molecule has 0 saturated heterocycles. The van der Waals surface area contributed by atoms with Gasteiger partial charge in [-0.1, -0.05) is 18.2 Å². The molecule has 0 aliphatic heterocycles. The molecule has 0 aliphatic carbocycles. The first-order valence-electron chi connectivity index (χ1n) is 5.65. The van der Waals surface area contributed by atoms with Gasteiger partial charge in [0.05, 0.1) is 0 Å². The molecule has 1 N–H and O–H groups in total. The van der Waals surface area contributed by atoms with Crippen LogP contribution in [-0.2, 0) is 0 Å². The van der Waals surface area contributed by atoms with Crippen molar-refractivity contribution in [1.29, 1.82) is 0 Å². The minimum Gasteiger partial charge on any atom is -0.435 e. The highest BCUT2D eigenvalue weighted by Gasteiger charge is 2.14. The van der Waals surface area contributed by atoms with Gasteiger partial charge in [-0.3, -0.25) is 0 Å². The molecule has 0 amide bonds. The lowest BCUT2D eigenvalue weighted by Crippen LogP contribution is -2.04. The van der Waals surface area contributed by atoms with Gasteiger partial charge in [0.25, 0.3) is 0 Å². The van der Waals surface area contributed by atoms with Gasteiger partial charge in [0.1, 0.15) is 11.9 Å². The zero-order chi connectivity index (χ0) is 14.7. The van der Waals surface area contributed by atoms with Gasteiger partial charge < -0.3 is 9.84 Å². The average Bonchev–Trinajstić information content (AvgIpc) is 2.40. The highest BCUT2D eigenvalue weighted by Crippen LogP contribution is 2.26.